The molecule has 1 amide bonds. The first kappa shape index (κ1) is 21.8. The van der Waals surface area contributed by atoms with Gasteiger partial charge in [-0.15, -0.1) is 0 Å². The Balaban J connectivity index is 1.59. The Hall–Kier alpha value is -2.86. The average Bonchev–Trinajstić information content (AvgIpc) is 3.13. The summed E-state index contributed by atoms with van der Waals surface area (Å²) in [5, 5.41) is 3.42. The molecule has 3 rings (SSSR count). The summed E-state index contributed by atoms with van der Waals surface area (Å²) in [6, 6.07) is 11.7. The van der Waals surface area contributed by atoms with Gasteiger partial charge >= 0.3 is 0 Å². The first-order valence-electron chi connectivity index (χ1n) is 10.3. The molecule has 3 aromatic rings. The summed E-state index contributed by atoms with van der Waals surface area (Å²) in [7, 11) is 1.62. The largest absolute Gasteiger partial charge is 0.493 e. The van der Waals surface area contributed by atoms with E-state index in [1.54, 1.807) is 13.2 Å². The van der Waals surface area contributed by atoms with Gasteiger partial charge in [0.2, 0.25) is 5.91 Å². The normalized spacial score (nSPS) is 11.2. The molecule has 2 aromatic carbocycles. The Morgan fingerprint density at radius 3 is 2.80 bits per heavy atom. The fourth-order valence-electron chi connectivity index (χ4n) is 3.02. The summed E-state index contributed by atoms with van der Waals surface area (Å²) in [5.41, 5.74) is 2.92. The van der Waals surface area contributed by atoms with Crippen molar-refractivity contribution in [2.45, 2.75) is 39.5 Å². The van der Waals surface area contributed by atoms with E-state index < -0.39 is 0 Å². The van der Waals surface area contributed by atoms with E-state index in [0.717, 1.165) is 28.0 Å². The molecule has 6 heteroatoms. The van der Waals surface area contributed by atoms with Crippen LogP contribution in [-0.4, -0.2) is 24.6 Å². The van der Waals surface area contributed by atoms with E-state index in [0.29, 0.717) is 17.5 Å². The monoisotopic (exact) mass is 424 g/mol. The van der Waals surface area contributed by atoms with Crippen molar-refractivity contribution in [3.05, 3.63) is 53.6 Å². The van der Waals surface area contributed by atoms with Gasteiger partial charge in [0, 0.05) is 6.08 Å². The topological polar surface area (TPSA) is 60.5 Å². The molecule has 0 saturated carbocycles. The zero-order chi connectivity index (χ0) is 21.3. The summed E-state index contributed by atoms with van der Waals surface area (Å²) in [4.78, 5) is 16.7. The molecule has 0 radical (unpaired) electrons. The highest BCUT2D eigenvalue weighted by atomic mass is 32.1. The molecule has 5 nitrogen and oxygen atoms in total. The van der Waals surface area contributed by atoms with Crippen LogP contribution >= 0.6 is 11.3 Å². The first-order chi connectivity index (χ1) is 14.6. The maximum atomic E-state index is 12.3. The zero-order valence-electron chi connectivity index (χ0n) is 17.7. The molecule has 0 fully saturated rings. The number of ether oxygens (including phenoxy) is 2. The second kappa shape index (κ2) is 10.8. The lowest BCUT2D eigenvalue weighted by Gasteiger charge is -2.11. The number of amides is 1. The van der Waals surface area contributed by atoms with Crippen molar-refractivity contribution in [3.8, 4) is 11.5 Å². The molecule has 0 bridgehead atoms. The van der Waals surface area contributed by atoms with Crippen LogP contribution in [0, 0.1) is 6.92 Å². The maximum Gasteiger partial charge on any atom is 0.250 e. The lowest BCUT2D eigenvalue weighted by molar-refractivity contribution is -0.111. The molecule has 1 N–H and O–H groups in total. The molecule has 158 valence electrons. The summed E-state index contributed by atoms with van der Waals surface area (Å²) in [5.74, 6) is 1.16. The van der Waals surface area contributed by atoms with Crippen LogP contribution in [0.2, 0.25) is 0 Å². The quantitative estimate of drug-likeness (QED) is 0.310. The fraction of sp³-hybridized carbons (Fsp3) is 0.333. The predicted octanol–water partition coefficient (Wildman–Crippen LogP) is 6.22. The highest BCUT2D eigenvalue weighted by molar-refractivity contribution is 7.22. The van der Waals surface area contributed by atoms with E-state index in [1.807, 2.05) is 37.3 Å². The third kappa shape index (κ3) is 6.07. The number of aryl methyl sites for hydroxylation is 1. The van der Waals surface area contributed by atoms with E-state index in [1.165, 1.54) is 42.2 Å². The summed E-state index contributed by atoms with van der Waals surface area (Å²) < 4.78 is 12.3. The van der Waals surface area contributed by atoms with Crippen molar-refractivity contribution in [1.29, 1.82) is 0 Å². The number of rotatable bonds is 10. The summed E-state index contributed by atoms with van der Waals surface area (Å²) in [6.07, 6.45) is 7.88. The van der Waals surface area contributed by atoms with Crippen molar-refractivity contribution in [2.75, 3.05) is 19.0 Å². The number of methoxy groups -OCH3 is 1. The molecule has 1 aromatic heterocycles. The van der Waals surface area contributed by atoms with Crippen molar-refractivity contribution in [3.63, 3.8) is 0 Å². The minimum atomic E-state index is -0.221. The number of nitrogens with zero attached hydrogens (tertiary/aromatic N) is 1. The van der Waals surface area contributed by atoms with E-state index >= 15 is 0 Å². The maximum absolute atomic E-state index is 12.3. The Kier molecular flexibility index (Phi) is 7.85. The number of fused-ring (bicyclic) bond motifs is 1. The van der Waals surface area contributed by atoms with E-state index in [4.69, 9.17) is 9.47 Å². The summed E-state index contributed by atoms with van der Waals surface area (Å²) >= 11 is 1.47. The van der Waals surface area contributed by atoms with Gasteiger partial charge in [-0.25, -0.2) is 4.98 Å². The number of carbonyl (C=O) groups excluding carboxylic acids is 1. The number of hydrogen-bond donors (Lipinski definition) is 1. The number of benzene rings is 2. The lowest BCUT2D eigenvalue weighted by atomic mass is 10.2. The Labute approximate surface area is 181 Å². The Morgan fingerprint density at radius 2 is 2.00 bits per heavy atom. The second-order valence-electron chi connectivity index (χ2n) is 7.13. The van der Waals surface area contributed by atoms with Crippen LogP contribution < -0.4 is 14.8 Å². The number of aromatic nitrogens is 1. The lowest BCUT2D eigenvalue weighted by Crippen LogP contribution is -2.07. The summed E-state index contributed by atoms with van der Waals surface area (Å²) in [6.45, 7) is 4.91. The van der Waals surface area contributed by atoms with Crippen molar-refractivity contribution in [1.82, 2.24) is 4.98 Å². The molecule has 1 heterocycles. The van der Waals surface area contributed by atoms with E-state index in [-0.39, 0.29) is 5.91 Å². The molecule has 30 heavy (non-hydrogen) atoms. The fourth-order valence-corrected chi connectivity index (χ4v) is 3.99. The SMILES string of the molecule is CCCCCCOc1ccc(/C=C/C(=O)Nc2nc3ccc(C)cc3s2)cc1OC. The number of anilines is 1. The van der Waals surface area contributed by atoms with Gasteiger partial charge in [-0.05, 0) is 54.8 Å². The van der Waals surface area contributed by atoms with Crippen LogP contribution in [0.1, 0.15) is 43.7 Å². The number of hydrogen-bond acceptors (Lipinski definition) is 5. The molecule has 0 unspecified atom stereocenters. The minimum absolute atomic E-state index is 0.221. The zero-order valence-corrected chi connectivity index (χ0v) is 18.6. The standard InChI is InChI=1S/C24H28N2O3S/c1-4-5-6-7-14-29-20-12-9-18(16-21(20)28-3)10-13-23(27)26-24-25-19-11-8-17(2)15-22(19)30-24/h8-13,15-16H,4-7,14H2,1-3H3,(H,25,26,27)/b13-10+. The highest BCUT2D eigenvalue weighted by Crippen LogP contribution is 2.29. The van der Waals surface area contributed by atoms with Gasteiger partial charge in [0.1, 0.15) is 0 Å². The smallest absolute Gasteiger partial charge is 0.250 e. The Bertz CT molecular complexity index is 1030. The van der Waals surface area contributed by atoms with Gasteiger partial charge in [-0.3, -0.25) is 10.1 Å². The molecule has 0 aliphatic rings. The number of carbonyl (C=O) groups is 1. The number of unbranched alkanes of at least 4 members (excludes halogenated alkanes) is 3. The van der Waals surface area contributed by atoms with Crippen LogP contribution in [0.5, 0.6) is 11.5 Å². The third-order valence-corrected chi connectivity index (χ3v) is 5.58. The second-order valence-corrected chi connectivity index (χ2v) is 8.16. The van der Waals surface area contributed by atoms with Crippen LogP contribution in [0.15, 0.2) is 42.5 Å². The minimum Gasteiger partial charge on any atom is -0.493 e. The molecular weight excluding hydrogens is 396 g/mol. The van der Waals surface area contributed by atoms with Crippen molar-refractivity contribution >= 4 is 38.7 Å². The number of nitrogens with one attached hydrogen (secondary N) is 1. The van der Waals surface area contributed by atoms with E-state index in [9.17, 15) is 4.79 Å². The van der Waals surface area contributed by atoms with E-state index in [2.05, 4.69) is 23.3 Å². The van der Waals surface area contributed by atoms with Gasteiger partial charge in [0.15, 0.2) is 16.6 Å². The van der Waals surface area contributed by atoms with Crippen LogP contribution in [-0.2, 0) is 4.79 Å². The van der Waals surface area contributed by atoms with Gasteiger partial charge < -0.3 is 9.47 Å². The van der Waals surface area contributed by atoms with Crippen LogP contribution in [0.3, 0.4) is 0 Å². The first-order valence-corrected chi connectivity index (χ1v) is 11.1. The number of thiazole rings is 1. The van der Waals surface area contributed by atoms with Gasteiger partial charge in [-0.1, -0.05) is 49.7 Å². The molecule has 0 atom stereocenters. The van der Waals surface area contributed by atoms with Gasteiger partial charge in [-0.2, -0.15) is 0 Å². The van der Waals surface area contributed by atoms with Crippen LogP contribution in [0.4, 0.5) is 5.13 Å². The predicted molar refractivity (Wildman–Crippen MR) is 125 cm³/mol. The van der Waals surface area contributed by atoms with Gasteiger partial charge in [0.05, 0.1) is 23.9 Å². The van der Waals surface area contributed by atoms with Gasteiger partial charge in [0.25, 0.3) is 0 Å². The van der Waals surface area contributed by atoms with Crippen molar-refractivity contribution < 1.29 is 14.3 Å². The van der Waals surface area contributed by atoms with Crippen LogP contribution in [0.25, 0.3) is 16.3 Å². The third-order valence-electron chi connectivity index (χ3n) is 4.64. The molecule has 0 saturated heterocycles. The molecule has 0 spiro atoms. The molecular formula is C24H28N2O3S. The van der Waals surface area contributed by atoms with Crippen molar-refractivity contribution in [2.24, 2.45) is 0 Å². The molecule has 0 aliphatic heterocycles. The highest BCUT2D eigenvalue weighted by Gasteiger charge is 2.07. The molecule has 0 aliphatic carbocycles. The Morgan fingerprint density at radius 1 is 1.13 bits per heavy atom. The average molecular weight is 425 g/mol.